The van der Waals surface area contributed by atoms with Crippen molar-refractivity contribution in [3.05, 3.63) is 11.4 Å². The summed E-state index contributed by atoms with van der Waals surface area (Å²) in [7, 11) is 0. The van der Waals surface area contributed by atoms with E-state index in [1.807, 2.05) is 6.92 Å². The maximum Gasteiger partial charge on any atom is 0.221 e. The van der Waals surface area contributed by atoms with Crippen LogP contribution in [0.2, 0.25) is 0 Å². The van der Waals surface area contributed by atoms with Gasteiger partial charge in [-0.15, -0.1) is 0 Å². The van der Waals surface area contributed by atoms with Gasteiger partial charge in [0.15, 0.2) is 0 Å². The minimum Gasteiger partial charge on any atom is -0.476 e. The fourth-order valence-corrected chi connectivity index (χ4v) is 2.01. The first kappa shape index (κ1) is 14.1. The monoisotopic (exact) mass is 264 g/mol. The lowest BCUT2D eigenvalue weighted by Crippen LogP contribution is -2.28. The molecule has 0 radical (unpaired) electrons. The summed E-state index contributed by atoms with van der Waals surface area (Å²) in [6, 6.07) is 0. The van der Waals surface area contributed by atoms with Gasteiger partial charge in [0.05, 0.1) is 5.56 Å². The van der Waals surface area contributed by atoms with Gasteiger partial charge in [0.25, 0.3) is 0 Å². The molecule has 0 amide bonds. The molecular weight excluding hydrogens is 240 g/mol. The molecule has 1 saturated carbocycles. The molecule has 1 heterocycles. The van der Waals surface area contributed by atoms with Gasteiger partial charge < -0.3 is 15.4 Å². The zero-order valence-electron chi connectivity index (χ0n) is 12.1. The van der Waals surface area contributed by atoms with Gasteiger partial charge in [-0.25, -0.2) is 4.98 Å². The Labute approximate surface area is 115 Å². The highest BCUT2D eigenvalue weighted by Crippen LogP contribution is 2.39. The van der Waals surface area contributed by atoms with E-state index in [1.54, 1.807) is 0 Å². The van der Waals surface area contributed by atoms with Crippen LogP contribution < -0.4 is 10.5 Å². The first-order valence-electron chi connectivity index (χ1n) is 7.14. The summed E-state index contributed by atoms with van der Waals surface area (Å²) in [5, 5.41) is 0. The van der Waals surface area contributed by atoms with Crippen LogP contribution in [0.1, 0.15) is 44.0 Å². The topological polar surface area (TPSA) is 64.3 Å². The quantitative estimate of drug-likeness (QED) is 0.815. The van der Waals surface area contributed by atoms with Crippen molar-refractivity contribution >= 4 is 5.82 Å². The highest BCUT2D eigenvalue weighted by Gasteiger charge is 2.28. The van der Waals surface area contributed by atoms with Crippen LogP contribution in [0.5, 0.6) is 5.88 Å². The van der Waals surface area contributed by atoms with Crippen LogP contribution in [0.25, 0.3) is 0 Å². The van der Waals surface area contributed by atoms with Gasteiger partial charge in [0, 0.05) is 12.5 Å². The molecule has 0 aliphatic heterocycles. The number of nitrogens with zero attached hydrogens (tertiary/aromatic N) is 3. The van der Waals surface area contributed by atoms with E-state index in [1.165, 1.54) is 12.8 Å². The second-order valence-corrected chi connectivity index (χ2v) is 5.05. The molecule has 2 N–H and O–H groups in total. The molecule has 19 heavy (non-hydrogen) atoms. The average Bonchev–Trinajstić information content (AvgIpc) is 3.23. The molecule has 106 valence electrons. The molecule has 1 aromatic heterocycles. The first-order valence-corrected chi connectivity index (χ1v) is 7.14. The van der Waals surface area contributed by atoms with Crippen LogP contribution in [0.4, 0.5) is 5.82 Å². The van der Waals surface area contributed by atoms with Crippen molar-refractivity contribution in [2.45, 2.75) is 39.5 Å². The second-order valence-electron chi connectivity index (χ2n) is 5.05. The number of likely N-dealkylation sites (N-methyl/N-ethyl adjacent to an activating group) is 1. The molecular formula is C14H24N4O. The molecule has 1 aliphatic carbocycles. The highest BCUT2D eigenvalue weighted by molar-refractivity contribution is 5.45. The van der Waals surface area contributed by atoms with Gasteiger partial charge >= 0.3 is 0 Å². The summed E-state index contributed by atoms with van der Waals surface area (Å²) in [6.45, 7) is 9.86. The van der Waals surface area contributed by atoms with Crippen molar-refractivity contribution in [3.8, 4) is 5.88 Å². The average molecular weight is 264 g/mol. The zero-order chi connectivity index (χ0) is 13.8. The summed E-state index contributed by atoms with van der Waals surface area (Å²) < 4.78 is 5.80. The van der Waals surface area contributed by atoms with Crippen LogP contribution in [-0.2, 0) is 0 Å². The van der Waals surface area contributed by atoms with Gasteiger partial charge in [-0.2, -0.15) is 4.98 Å². The number of aromatic nitrogens is 2. The Bertz CT molecular complexity index is 428. The van der Waals surface area contributed by atoms with E-state index in [0.29, 0.717) is 24.2 Å². The number of hydrogen-bond donors (Lipinski definition) is 1. The molecule has 0 atom stereocenters. The molecule has 1 fully saturated rings. The number of hydrogen-bond acceptors (Lipinski definition) is 5. The lowest BCUT2D eigenvalue weighted by atomic mass is 10.3. The standard InChI is InChI=1S/C14H24N4O/c1-4-18(5-2)8-9-19-14-10(3)12(15)16-13(17-14)11-6-7-11/h11H,4-9H2,1-3H3,(H2,15,16,17). The third-order valence-corrected chi connectivity index (χ3v) is 3.64. The number of nitrogens with two attached hydrogens (primary N) is 1. The van der Waals surface area contributed by atoms with Crippen LogP contribution in [-0.4, -0.2) is 41.1 Å². The van der Waals surface area contributed by atoms with Crippen LogP contribution in [0.15, 0.2) is 0 Å². The first-order chi connectivity index (χ1) is 9.15. The Kier molecular flexibility index (Phi) is 4.58. The maximum absolute atomic E-state index is 5.93. The Balaban J connectivity index is 1.98. The Morgan fingerprint density at radius 2 is 1.95 bits per heavy atom. The largest absolute Gasteiger partial charge is 0.476 e. The normalized spacial score (nSPS) is 14.9. The van der Waals surface area contributed by atoms with E-state index < -0.39 is 0 Å². The highest BCUT2D eigenvalue weighted by atomic mass is 16.5. The molecule has 0 spiro atoms. The number of rotatable bonds is 7. The molecule has 0 unspecified atom stereocenters. The molecule has 1 aromatic rings. The molecule has 5 nitrogen and oxygen atoms in total. The summed E-state index contributed by atoms with van der Waals surface area (Å²) in [5.74, 6) is 2.55. The number of ether oxygens (including phenoxy) is 1. The molecule has 0 saturated heterocycles. The number of nitrogen functional groups attached to an aromatic ring is 1. The third-order valence-electron chi connectivity index (χ3n) is 3.64. The second kappa shape index (κ2) is 6.19. The van der Waals surface area contributed by atoms with Crippen molar-refractivity contribution in [1.29, 1.82) is 0 Å². The van der Waals surface area contributed by atoms with E-state index in [-0.39, 0.29) is 0 Å². The van der Waals surface area contributed by atoms with Gasteiger partial charge in [-0.1, -0.05) is 13.8 Å². The Morgan fingerprint density at radius 1 is 1.26 bits per heavy atom. The van der Waals surface area contributed by atoms with E-state index in [0.717, 1.165) is 31.0 Å². The summed E-state index contributed by atoms with van der Waals surface area (Å²) in [6.07, 6.45) is 2.34. The van der Waals surface area contributed by atoms with E-state index >= 15 is 0 Å². The smallest absolute Gasteiger partial charge is 0.221 e. The van der Waals surface area contributed by atoms with E-state index in [2.05, 4.69) is 28.7 Å². The van der Waals surface area contributed by atoms with Crippen molar-refractivity contribution in [2.24, 2.45) is 0 Å². The van der Waals surface area contributed by atoms with E-state index in [4.69, 9.17) is 10.5 Å². The molecule has 2 rings (SSSR count). The van der Waals surface area contributed by atoms with Gasteiger partial charge in [0.2, 0.25) is 5.88 Å². The van der Waals surface area contributed by atoms with E-state index in [9.17, 15) is 0 Å². The van der Waals surface area contributed by atoms with Crippen molar-refractivity contribution in [2.75, 3.05) is 32.0 Å². The minimum absolute atomic E-state index is 0.494. The summed E-state index contributed by atoms with van der Waals surface area (Å²) in [4.78, 5) is 11.2. The molecule has 1 aliphatic rings. The fraction of sp³-hybridized carbons (Fsp3) is 0.714. The lowest BCUT2D eigenvalue weighted by molar-refractivity contribution is 0.216. The predicted octanol–water partition coefficient (Wildman–Crippen LogP) is 1.97. The van der Waals surface area contributed by atoms with Crippen LogP contribution >= 0.6 is 0 Å². The van der Waals surface area contributed by atoms with Crippen LogP contribution in [0, 0.1) is 6.92 Å². The minimum atomic E-state index is 0.494. The van der Waals surface area contributed by atoms with Gasteiger partial charge in [0.1, 0.15) is 18.2 Å². The van der Waals surface area contributed by atoms with Crippen LogP contribution in [0.3, 0.4) is 0 Å². The van der Waals surface area contributed by atoms with Crippen molar-refractivity contribution < 1.29 is 4.74 Å². The predicted molar refractivity (Wildman–Crippen MR) is 76.4 cm³/mol. The van der Waals surface area contributed by atoms with Gasteiger partial charge in [-0.3, -0.25) is 0 Å². The van der Waals surface area contributed by atoms with Crippen molar-refractivity contribution in [1.82, 2.24) is 14.9 Å². The van der Waals surface area contributed by atoms with Crippen molar-refractivity contribution in [3.63, 3.8) is 0 Å². The third kappa shape index (κ3) is 3.56. The maximum atomic E-state index is 5.93. The van der Waals surface area contributed by atoms with Gasteiger partial charge in [-0.05, 0) is 32.9 Å². The zero-order valence-corrected chi connectivity index (χ0v) is 12.1. The fourth-order valence-electron chi connectivity index (χ4n) is 2.01. The lowest BCUT2D eigenvalue weighted by Gasteiger charge is -2.18. The SMILES string of the molecule is CCN(CC)CCOc1nc(C2CC2)nc(N)c1C. The molecule has 0 aromatic carbocycles. The molecule has 0 bridgehead atoms. The Morgan fingerprint density at radius 3 is 2.53 bits per heavy atom. The number of anilines is 1. The Hall–Kier alpha value is -1.36. The molecule has 5 heteroatoms. The summed E-state index contributed by atoms with van der Waals surface area (Å²) in [5.41, 5.74) is 6.78. The summed E-state index contributed by atoms with van der Waals surface area (Å²) >= 11 is 0.